The summed E-state index contributed by atoms with van der Waals surface area (Å²) in [5, 5.41) is 5.32. The Bertz CT molecular complexity index is 705. The third-order valence-corrected chi connectivity index (χ3v) is 2.70. The number of nitrogens with zero attached hydrogens (tertiary/aromatic N) is 1. The van der Waals surface area contributed by atoms with Gasteiger partial charge in [0.2, 0.25) is 11.8 Å². The molecule has 0 aliphatic carbocycles. The van der Waals surface area contributed by atoms with Gasteiger partial charge in [-0.1, -0.05) is 6.07 Å². The van der Waals surface area contributed by atoms with E-state index in [0.29, 0.717) is 11.4 Å². The summed E-state index contributed by atoms with van der Waals surface area (Å²) in [5.74, 6) is -0.453. The molecular formula is C15H15N3O3. The van der Waals surface area contributed by atoms with Crippen molar-refractivity contribution in [2.75, 3.05) is 10.6 Å². The molecule has 0 atom stereocenters. The normalized spacial score (nSPS) is 9.95. The minimum absolute atomic E-state index is 0.0485. The van der Waals surface area contributed by atoms with E-state index >= 15 is 0 Å². The highest BCUT2D eigenvalue weighted by atomic mass is 16.2. The lowest BCUT2D eigenvalue weighted by Gasteiger charge is -2.08. The highest BCUT2D eigenvalue weighted by Gasteiger charge is 2.04. The van der Waals surface area contributed by atoms with Gasteiger partial charge in [-0.25, -0.2) is 0 Å². The van der Waals surface area contributed by atoms with Gasteiger partial charge in [0.1, 0.15) is 6.54 Å². The van der Waals surface area contributed by atoms with Crippen molar-refractivity contribution in [2.24, 2.45) is 0 Å². The summed E-state index contributed by atoms with van der Waals surface area (Å²) >= 11 is 0. The summed E-state index contributed by atoms with van der Waals surface area (Å²) in [6, 6.07) is 11.4. The number of carbonyl (C=O) groups is 2. The van der Waals surface area contributed by atoms with Crippen LogP contribution in [0.5, 0.6) is 0 Å². The summed E-state index contributed by atoms with van der Waals surface area (Å²) in [6.45, 7) is 1.38. The van der Waals surface area contributed by atoms with Crippen LogP contribution in [0.2, 0.25) is 0 Å². The largest absolute Gasteiger partial charge is 0.326 e. The zero-order valence-corrected chi connectivity index (χ0v) is 11.5. The fraction of sp³-hybridized carbons (Fsp3) is 0.133. The predicted molar refractivity (Wildman–Crippen MR) is 80.1 cm³/mol. The third-order valence-electron chi connectivity index (χ3n) is 2.70. The van der Waals surface area contributed by atoms with Crippen LogP contribution in [0.1, 0.15) is 6.92 Å². The Morgan fingerprint density at radius 2 is 1.62 bits per heavy atom. The molecule has 1 aromatic heterocycles. The molecule has 1 aromatic carbocycles. The van der Waals surface area contributed by atoms with Gasteiger partial charge in [-0.2, -0.15) is 0 Å². The average molecular weight is 285 g/mol. The molecule has 108 valence electrons. The molecule has 0 spiro atoms. The molecule has 0 radical (unpaired) electrons. The number of pyridine rings is 1. The Kier molecular flexibility index (Phi) is 4.50. The van der Waals surface area contributed by atoms with Crippen LogP contribution in [-0.2, 0) is 16.1 Å². The predicted octanol–water partition coefficient (Wildman–Crippen LogP) is 1.45. The van der Waals surface area contributed by atoms with E-state index < -0.39 is 0 Å². The fourth-order valence-corrected chi connectivity index (χ4v) is 1.79. The lowest BCUT2D eigenvalue weighted by molar-refractivity contribution is -0.117. The van der Waals surface area contributed by atoms with Gasteiger partial charge in [-0.3, -0.25) is 14.4 Å². The standard InChI is InChI=1S/C15H15N3O3/c1-11(19)16-12-5-7-13(8-6-12)17-14(20)10-18-9-3-2-4-15(18)21/h2-9H,10H2,1H3,(H,16,19)(H,17,20). The van der Waals surface area contributed by atoms with Crippen LogP contribution in [0.25, 0.3) is 0 Å². The van der Waals surface area contributed by atoms with Gasteiger partial charge in [0.05, 0.1) is 0 Å². The van der Waals surface area contributed by atoms with Gasteiger partial charge < -0.3 is 15.2 Å². The lowest BCUT2D eigenvalue weighted by Crippen LogP contribution is -2.26. The van der Waals surface area contributed by atoms with Crippen LogP contribution < -0.4 is 16.2 Å². The Morgan fingerprint density at radius 1 is 1.00 bits per heavy atom. The van der Waals surface area contributed by atoms with E-state index in [2.05, 4.69) is 10.6 Å². The van der Waals surface area contributed by atoms with Gasteiger partial charge in [0.25, 0.3) is 5.56 Å². The van der Waals surface area contributed by atoms with Crippen LogP contribution >= 0.6 is 0 Å². The molecule has 2 aromatic rings. The molecule has 0 unspecified atom stereocenters. The van der Waals surface area contributed by atoms with Gasteiger partial charge in [-0.15, -0.1) is 0 Å². The Hall–Kier alpha value is -2.89. The number of aromatic nitrogens is 1. The van der Waals surface area contributed by atoms with Crippen molar-refractivity contribution in [3.8, 4) is 0 Å². The van der Waals surface area contributed by atoms with Crippen molar-refractivity contribution < 1.29 is 9.59 Å². The second-order valence-electron chi connectivity index (χ2n) is 4.47. The molecule has 0 bridgehead atoms. The van der Waals surface area contributed by atoms with E-state index in [1.807, 2.05) is 0 Å². The first-order chi connectivity index (χ1) is 10.0. The van der Waals surface area contributed by atoms with E-state index in [0.717, 1.165) is 0 Å². The fourth-order valence-electron chi connectivity index (χ4n) is 1.79. The van der Waals surface area contributed by atoms with Crippen molar-refractivity contribution in [2.45, 2.75) is 13.5 Å². The maximum Gasteiger partial charge on any atom is 0.250 e. The van der Waals surface area contributed by atoms with Crippen molar-refractivity contribution in [1.29, 1.82) is 0 Å². The summed E-state index contributed by atoms with van der Waals surface area (Å²) in [4.78, 5) is 34.3. The first-order valence-electron chi connectivity index (χ1n) is 6.37. The average Bonchev–Trinajstić information content (AvgIpc) is 2.43. The molecule has 0 fully saturated rings. The van der Waals surface area contributed by atoms with Gasteiger partial charge in [0, 0.05) is 30.6 Å². The first-order valence-corrected chi connectivity index (χ1v) is 6.37. The first kappa shape index (κ1) is 14.5. The molecule has 0 saturated heterocycles. The molecule has 21 heavy (non-hydrogen) atoms. The van der Waals surface area contributed by atoms with Gasteiger partial charge >= 0.3 is 0 Å². The minimum atomic E-state index is -0.296. The zero-order chi connectivity index (χ0) is 15.2. The topological polar surface area (TPSA) is 80.2 Å². The van der Waals surface area contributed by atoms with E-state index in [4.69, 9.17) is 0 Å². The zero-order valence-electron chi connectivity index (χ0n) is 11.5. The van der Waals surface area contributed by atoms with Crippen molar-refractivity contribution in [3.63, 3.8) is 0 Å². The number of rotatable bonds is 4. The van der Waals surface area contributed by atoms with Crippen molar-refractivity contribution in [3.05, 3.63) is 59.0 Å². The van der Waals surface area contributed by atoms with Crippen LogP contribution in [0.4, 0.5) is 11.4 Å². The van der Waals surface area contributed by atoms with Gasteiger partial charge in [0.15, 0.2) is 0 Å². The SMILES string of the molecule is CC(=O)Nc1ccc(NC(=O)Cn2ccccc2=O)cc1. The van der Waals surface area contributed by atoms with Crippen LogP contribution in [0.15, 0.2) is 53.5 Å². The minimum Gasteiger partial charge on any atom is -0.326 e. The summed E-state index contributed by atoms with van der Waals surface area (Å²) in [5.41, 5.74) is 1.02. The molecule has 6 nitrogen and oxygen atoms in total. The molecule has 1 heterocycles. The maximum absolute atomic E-state index is 11.9. The molecule has 0 saturated carbocycles. The Labute approximate surface area is 121 Å². The monoisotopic (exact) mass is 285 g/mol. The Morgan fingerprint density at radius 3 is 2.19 bits per heavy atom. The van der Waals surface area contributed by atoms with Crippen molar-refractivity contribution in [1.82, 2.24) is 4.57 Å². The second-order valence-corrected chi connectivity index (χ2v) is 4.47. The third kappa shape index (κ3) is 4.31. The summed E-state index contributed by atoms with van der Waals surface area (Å²) in [6.07, 6.45) is 1.56. The number of hydrogen-bond donors (Lipinski definition) is 2. The van der Waals surface area contributed by atoms with Crippen LogP contribution in [0, 0.1) is 0 Å². The number of hydrogen-bond acceptors (Lipinski definition) is 3. The number of anilines is 2. The highest BCUT2D eigenvalue weighted by molar-refractivity contribution is 5.92. The summed E-state index contributed by atoms with van der Waals surface area (Å²) in [7, 11) is 0. The quantitative estimate of drug-likeness (QED) is 0.892. The molecule has 0 aliphatic heterocycles. The molecule has 6 heteroatoms. The van der Waals surface area contributed by atoms with E-state index in [1.54, 1.807) is 42.6 Å². The van der Waals surface area contributed by atoms with E-state index in [9.17, 15) is 14.4 Å². The number of nitrogens with one attached hydrogen (secondary N) is 2. The number of amides is 2. The van der Waals surface area contributed by atoms with E-state index in [-0.39, 0.29) is 23.9 Å². The van der Waals surface area contributed by atoms with E-state index in [1.165, 1.54) is 17.6 Å². The molecule has 2 N–H and O–H groups in total. The van der Waals surface area contributed by atoms with Crippen LogP contribution in [0.3, 0.4) is 0 Å². The molecule has 2 rings (SSSR count). The lowest BCUT2D eigenvalue weighted by atomic mass is 10.2. The van der Waals surface area contributed by atoms with Gasteiger partial charge in [-0.05, 0) is 30.3 Å². The van der Waals surface area contributed by atoms with Crippen molar-refractivity contribution >= 4 is 23.2 Å². The second kappa shape index (κ2) is 6.51. The molecule has 2 amide bonds. The van der Waals surface area contributed by atoms with Crippen LogP contribution in [-0.4, -0.2) is 16.4 Å². The Balaban J connectivity index is 1.98. The summed E-state index contributed by atoms with van der Waals surface area (Å²) < 4.78 is 1.32. The molecule has 0 aliphatic rings. The number of benzene rings is 1. The smallest absolute Gasteiger partial charge is 0.250 e. The molecular weight excluding hydrogens is 270 g/mol. The maximum atomic E-state index is 11.9. The highest BCUT2D eigenvalue weighted by Crippen LogP contribution is 2.13. The number of carbonyl (C=O) groups excluding carboxylic acids is 2.